The molecule has 4 rings (SSSR count). The van der Waals surface area contributed by atoms with Gasteiger partial charge in [-0.1, -0.05) is 15.9 Å². The van der Waals surface area contributed by atoms with Gasteiger partial charge in [0.1, 0.15) is 23.7 Å². The van der Waals surface area contributed by atoms with E-state index in [0.29, 0.717) is 18.8 Å². The topological polar surface area (TPSA) is 80.5 Å². The molecule has 3 heterocycles. The second kappa shape index (κ2) is 8.63. The molecule has 1 aromatic carbocycles. The number of hydrogen-bond acceptors (Lipinski definition) is 6. The number of hydrogen-bond donors (Lipinski definition) is 1. The van der Waals surface area contributed by atoms with E-state index in [0.717, 1.165) is 57.7 Å². The van der Waals surface area contributed by atoms with Gasteiger partial charge in [0.05, 0.1) is 18.4 Å². The summed E-state index contributed by atoms with van der Waals surface area (Å²) in [7, 11) is 1.63. The van der Waals surface area contributed by atoms with Crippen molar-refractivity contribution in [2.24, 2.45) is 5.92 Å². The number of carbonyl (C=O) groups is 1. The molecule has 1 N–H and O–H groups in total. The molecule has 1 aliphatic heterocycles. The van der Waals surface area contributed by atoms with Crippen LogP contribution < -0.4 is 15.0 Å². The molecule has 1 fully saturated rings. The van der Waals surface area contributed by atoms with Crippen molar-refractivity contribution in [1.82, 2.24) is 15.3 Å². The number of anilines is 1. The Balaban J connectivity index is 1.48. The minimum Gasteiger partial charge on any atom is -0.496 e. The van der Waals surface area contributed by atoms with E-state index >= 15 is 0 Å². The van der Waals surface area contributed by atoms with Crippen LogP contribution in [0, 0.1) is 19.8 Å². The number of halogens is 1. The first-order valence-corrected chi connectivity index (χ1v) is 10.8. The van der Waals surface area contributed by atoms with Crippen LogP contribution in [0.3, 0.4) is 0 Å². The Morgan fingerprint density at radius 3 is 3.00 bits per heavy atom. The highest BCUT2D eigenvalue weighted by Crippen LogP contribution is 2.32. The number of benzene rings is 1. The van der Waals surface area contributed by atoms with E-state index in [1.807, 2.05) is 32.0 Å². The SMILES string of the molecule is COc1ccc(Br)cc1CNC(=O)[C@H]1CCCN(c2ncnc3oc(C)c(C)c23)C1. The van der Waals surface area contributed by atoms with Crippen LogP contribution in [0.25, 0.3) is 11.1 Å². The number of aromatic nitrogens is 2. The molecule has 1 aliphatic rings. The highest BCUT2D eigenvalue weighted by atomic mass is 79.9. The lowest BCUT2D eigenvalue weighted by molar-refractivity contribution is -0.125. The molecule has 7 nitrogen and oxygen atoms in total. The molecule has 0 aliphatic carbocycles. The Morgan fingerprint density at radius 1 is 1.37 bits per heavy atom. The molecule has 0 bridgehead atoms. The highest BCUT2D eigenvalue weighted by molar-refractivity contribution is 9.10. The van der Waals surface area contributed by atoms with Crippen LogP contribution in [0.1, 0.15) is 29.7 Å². The van der Waals surface area contributed by atoms with E-state index in [2.05, 4.69) is 36.1 Å². The summed E-state index contributed by atoms with van der Waals surface area (Å²) in [6.45, 7) is 5.86. The van der Waals surface area contributed by atoms with Crippen molar-refractivity contribution < 1.29 is 13.9 Å². The Morgan fingerprint density at radius 2 is 2.20 bits per heavy atom. The summed E-state index contributed by atoms with van der Waals surface area (Å²) in [5.74, 6) is 2.40. The number of furan rings is 1. The van der Waals surface area contributed by atoms with E-state index in [4.69, 9.17) is 9.15 Å². The molecule has 30 heavy (non-hydrogen) atoms. The summed E-state index contributed by atoms with van der Waals surface area (Å²) >= 11 is 3.48. The minimum atomic E-state index is -0.102. The van der Waals surface area contributed by atoms with Crippen LogP contribution in [-0.2, 0) is 11.3 Å². The normalized spacial score (nSPS) is 16.7. The van der Waals surface area contributed by atoms with E-state index in [-0.39, 0.29) is 11.8 Å². The number of aryl methyl sites for hydroxylation is 2. The largest absolute Gasteiger partial charge is 0.496 e. The fourth-order valence-electron chi connectivity index (χ4n) is 4.00. The van der Waals surface area contributed by atoms with Gasteiger partial charge in [0, 0.05) is 35.2 Å². The maximum absolute atomic E-state index is 12.9. The van der Waals surface area contributed by atoms with Gasteiger partial charge in [-0.2, -0.15) is 0 Å². The summed E-state index contributed by atoms with van der Waals surface area (Å²) < 4.78 is 12.1. The van der Waals surface area contributed by atoms with E-state index in [1.165, 1.54) is 6.33 Å². The number of piperidine rings is 1. The van der Waals surface area contributed by atoms with Gasteiger partial charge in [-0.3, -0.25) is 4.79 Å². The average Bonchev–Trinajstić information content (AvgIpc) is 3.06. The van der Waals surface area contributed by atoms with Crippen molar-refractivity contribution in [2.45, 2.75) is 33.2 Å². The molecule has 1 amide bonds. The number of carbonyl (C=O) groups excluding carboxylic acids is 1. The van der Waals surface area contributed by atoms with Crippen LogP contribution in [0.5, 0.6) is 5.75 Å². The molecule has 8 heteroatoms. The zero-order valence-electron chi connectivity index (χ0n) is 17.4. The number of fused-ring (bicyclic) bond motifs is 1. The monoisotopic (exact) mass is 472 g/mol. The number of ether oxygens (including phenoxy) is 1. The fourth-order valence-corrected chi connectivity index (χ4v) is 4.41. The second-order valence-corrected chi connectivity index (χ2v) is 8.54. The zero-order valence-corrected chi connectivity index (χ0v) is 19.0. The molecular formula is C22H25BrN4O3. The first-order chi connectivity index (χ1) is 14.5. The fraction of sp³-hybridized carbons (Fsp3) is 0.409. The molecule has 1 atom stereocenters. The summed E-state index contributed by atoms with van der Waals surface area (Å²) in [6, 6.07) is 5.78. The molecule has 0 saturated carbocycles. The maximum atomic E-state index is 12.9. The molecule has 3 aromatic rings. The van der Waals surface area contributed by atoms with Crippen molar-refractivity contribution in [1.29, 1.82) is 0 Å². The van der Waals surface area contributed by atoms with E-state index < -0.39 is 0 Å². The second-order valence-electron chi connectivity index (χ2n) is 7.62. The molecule has 158 valence electrons. The third-order valence-electron chi connectivity index (χ3n) is 5.73. The predicted octanol–water partition coefficient (Wildman–Crippen LogP) is 4.14. The van der Waals surface area contributed by atoms with Gasteiger partial charge in [-0.25, -0.2) is 9.97 Å². The Kier molecular flexibility index (Phi) is 5.94. The average molecular weight is 473 g/mol. The van der Waals surface area contributed by atoms with Gasteiger partial charge >= 0.3 is 0 Å². The van der Waals surface area contributed by atoms with Gasteiger partial charge < -0.3 is 19.4 Å². The number of rotatable bonds is 5. The number of methoxy groups -OCH3 is 1. The maximum Gasteiger partial charge on any atom is 0.231 e. The van der Waals surface area contributed by atoms with Crippen LogP contribution in [0.15, 0.2) is 33.4 Å². The summed E-state index contributed by atoms with van der Waals surface area (Å²) in [4.78, 5) is 23.9. The molecule has 1 saturated heterocycles. The number of amides is 1. The van der Waals surface area contributed by atoms with Gasteiger partial charge in [0.15, 0.2) is 0 Å². The first-order valence-electron chi connectivity index (χ1n) is 10.0. The molecular weight excluding hydrogens is 448 g/mol. The minimum absolute atomic E-state index is 0.0483. The highest BCUT2D eigenvalue weighted by Gasteiger charge is 2.28. The smallest absolute Gasteiger partial charge is 0.231 e. The Labute approximate surface area is 183 Å². The molecule has 0 radical (unpaired) electrons. The van der Waals surface area contributed by atoms with Crippen molar-refractivity contribution in [2.75, 3.05) is 25.1 Å². The lowest BCUT2D eigenvalue weighted by Gasteiger charge is -2.33. The van der Waals surface area contributed by atoms with Crippen molar-refractivity contribution in [3.8, 4) is 5.75 Å². The van der Waals surface area contributed by atoms with Crippen LogP contribution in [0.4, 0.5) is 5.82 Å². The van der Waals surface area contributed by atoms with Gasteiger partial charge in [-0.05, 0) is 44.9 Å². The first kappa shape index (κ1) is 20.7. The Hall–Kier alpha value is -2.61. The summed E-state index contributed by atoms with van der Waals surface area (Å²) in [5, 5.41) is 4.02. The van der Waals surface area contributed by atoms with Gasteiger partial charge in [-0.15, -0.1) is 0 Å². The molecule has 0 unspecified atom stereocenters. The van der Waals surface area contributed by atoms with E-state index in [1.54, 1.807) is 7.11 Å². The van der Waals surface area contributed by atoms with Gasteiger partial charge in [0.2, 0.25) is 11.6 Å². The molecule has 0 spiro atoms. The van der Waals surface area contributed by atoms with Crippen LogP contribution in [-0.4, -0.2) is 36.1 Å². The zero-order chi connectivity index (χ0) is 21.3. The number of nitrogens with one attached hydrogen (secondary N) is 1. The standard InChI is InChI=1S/C22H25BrN4O3/c1-13-14(2)30-22-19(13)20(25-12-26-22)27-8-4-5-15(11-27)21(28)24-10-16-9-17(23)6-7-18(16)29-3/h6-7,9,12,15H,4-5,8,10-11H2,1-3H3,(H,24,28)/t15-/m0/s1. The van der Waals surface area contributed by atoms with Crippen molar-refractivity contribution >= 4 is 38.8 Å². The third-order valence-corrected chi connectivity index (χ3v) is 6.23. The summed E-state index contributed by atoms with van der Waals surface area (Å²) in [5.41, 5.74) is 2.59. The quantitative estimate of drug-likeness (QED) is 0.600. The van der Waals surface area contributed by atoms with Crippen molar-refractivity contribution in [3.63, 3.8) is 0 Å². The van der Waals surface area contributed by atoms with Crippen molar-refractivity contribution in [3.05, 3.63) is 45.9 Å². The predicted molar refractivity (Wildman–Crippen MR) is 119 cm³/mol. The Bertz CT molecular complexity index is 1080. The van der Waals surface area contributed by atoms with Gasteiger partial charge in [0.25, 0.3) is 0 Å². The number of nitrogens with zero attached hydrogens (tertiary/aromatic N) is 3. The lowest BCUT2D eigenvalue weighted by atomic mass is 9.96. The van der Waals surface area contributed by atoms with E-state index in [9.17, 15) is 4.79 Å². The van der Waals surface area contributed by atoms with Crippen LogP contribution >= 0.6 is 15.9 Å². The lowest BCUT2D eigenvalue weighted by Crippen LogP contribution is -2.43. The molecule has 2 aromatic heterocycles. The third kappa shape index (κ3) is 4.01. The van der Waals surface area contributed by atoms with Crippen LogP contribution in [0.2, 0.25) is 0 Å². The summed E-state index contributed by atoms with van der Waals surface area (Å²) in [6.07, 6.45) is 3.32.